The molecule has 1 fully saturated rings. The molecule has 1 aromatic rings. The van der Waals surface area contributed by atoms with Gasteiger partial charge in [-0.05, 0) is 24.6 Å². The monoisotopic (exact) mass is 226 g/mol. The van der Waals surface area contributed by atoms with Gasteiger partial charge >= 0.3 is 0 Å². The average molecular weight is 227 g/mol. The Hall–Kier alpha value is -0.700. The summed E-state index contributed by atoms with van der Waals surface area (Å²) < 4.78 is 1.05. The van der Waals surface area contributed by atoms with Crippen molar-refractivity contribution in [2.45, 2.75) is 6.42 Å². The number of nitrogen functional groups attached to an aromatic ring is 1. The van der Waals surface area contributed by atoms with Gasteiger partial charge in [-0.1, -0.05) is 15.9 Å². The lowest BCUT2D eigenvalue weighted by Gasteiger charge is -2.34. The van der Waals surface area contributed by atoms with Crippen LogP contribution < -0.4 is 10.6 Å². The topological polar surface area (TPSA) is 29.3 Å². The summed E-state index contributed by atoms with van der Waals surface area (Å²) in [4.78, 5) is 2.29. The van der Waals surface area contributed by atoms with E-state index in [4.69, 9.17) is 5.73 Å². The highest BCUT2D eigenvalue weighted by atomic mass is 79.9. The molecular formula is C9H11BrN2. The Morgan fingerprint density at radius 1 is 1.33 bits per heavy atom. The summed E-state index contributed by atoms with van der Waals surface area (Å²) in [5.74, 6) is 0. The van der Waals surface area contributed by atoms with Crippen molar-refractivity contribution in [1.82, 2.24) is 0 Å². The summed E-state index contributed by atoms with van der Waals surface area (Å²) in [6.07, 6.45) is 1.29. The Bertz CT molecular complexity index is 295. The van der Waals surface area contributed by atoms with Crippen LogP contribution in [0.2, 0.25) is 0 Å². The van der Waals surface area contributed by atoms with E-state index in [1.54, 1.807) is 0 Å². The second-order valence-electron chi connectivity index (χ2n) is 3.04. The van der Waals surface area contributed by atoms with Gasteiger partial charge in [-0.15, -0.1) is 0 Å². The number of hydrogen-bond acceptors (Lipinski definition) is 2. The molecule has 0 radical (unpaired) electrons. The highest BCUT2D eigenvalue weighted by molar-refractivity contribution is 9.10. The smallest absolute Gasteiger partial charge is 0.0600 e. The first-order valence-electron chi connectivity index (χ1n) is 4.07. The molecule has 64 valence electrons. The van der Waals surface area contributed by atoms with Gasteiger partial charge in [0.1, 0.15) is 0 Å². The van der Waals surface area contributed by atoms with Crippen molar-refractivity contribution in [2.24, 2.45) is 0 Å². The number of halogens is 1. The van der Waals surface area contributed by atoms with Crippen LogP contribution in [0.25, 0.3) is 0 Å². The van der Waals surface area contributed by atoms with Crippen LogP contribution in [0.5, 0.6) is 0 Å². The molecule has 1 saturated heterocycles. The maximum Gasteiger partial charge on any atom is 0.0600 e. The summed E-state index contributed by atoms with van der Waals surface area (Å²) >= 11 is 3.39. The quantitative estimate of drug-likeness (QED) is 0.745. The first-order chi connectivity index (χ1) is 5.77. The molecule has 2 nitrogen and oxygen atoms in total. The van der Waals surface area contributed by atoms with Crippen molar-refractivity contribution in [2.75, 3.05) is 23.7 Å². The molecule has 0 amide bonds. The zero-order chi connectivity index (χ0) is 8.55. The molecule has 1 heterocycles. The highest BCUT2D eigenvalue weighted by Gasteiger charge is 2.16. The Balaban J connectivity index is 2.31. The van der Waals surface area contributed by atoms with Crippen LogP contribution in [-0.4, -0.2) is 13.1 Å². The summed E-state index contributed by atoms with van der Waals surface area (Å²) in [5, 5.41) is 0. The fraction of sp³-hybridized carbons (Fsp3) is 0.333. The molecule has 2 N–H and O–H groups in total. The second kappa shape index (κ2) is 2.98. The highest BCUT2D eigenvalue weighted by Crippen LogP contribution is 2.29. The fourth-order valence-electron chi connectivity index (χ4n) is 1.37. The maximum atomic E-state index is 5.86. The summed E-state index contributed by atoms with van der Waals surface area (Å²) in [6, 6.07) is 6.05. The van der Waals surface area contributed by atoms with Crippen molar-refractivity contribution in [3.63, 3.8) is 0 Å². The van der Waals surface area contributed by atoms with Crippen LogP contribution in [0, 0.1) is 0 Å². The number of benzene rings is 1. The van der Waals surface area contributed by atoms with Crippen LogP contribution in [-0.2, 0) is 0 Å². The molecule has 1 aromatic carbocycles. The normalized spacial score (nSPS) is 15.9. The molecule has 0 unspecified atom stereocenters. The van der Waals surface area contributed by atoms with Gasteiger partial charge < -0.3 is 10.6 Å². The molecule has 1 aliphatic rings. The number of anilines is 2. The Morgan fingerprint density at radius 2 is 2.08 bits per heavy atom. The van der Waals surface area contributed by atoms with Crippen molar-refractivity contribution in [3.05, 3.63) is 22.7 Å². The predicted molar refractivity (Wildman–Crippen MR) is 55.4 cm³/mol. The van der Waals surface area contributed by atoms with Crippen molar-refractivity contribution < 1.29 is 0 Å². The lowest BCUT2D eigenvalue weighted by Crippen LogP contribution is -2.37. The molecule has 1 aliphatic heterocycles. The fourth-order valence-corrected chi connectivity index (χ4v) is 1.75. The molecule has 0 atom stereocenters. The van der Waals surface area contributed by atoms with E-state index < -0.39 is 0 Å². The van der Waals surface area contributed by atoms with Gasteiger partial charge in [0.15, 0.2) is 0 Å². The molecule has 0 saturated carbocycles. The van der Waals surface area contributed by atoms with Gasteiger partial charge in [-0.2, -0.15) is 0 Å². The SMILES string of the molecule is Nc1cc(Br)ccc1N1CCC1. The van der Waals surface area contributed by atoms with Crippen molar-refractivity contribution in [3.8, 4) is 0 Å². The van der Waals surface area contributed by atoms with E-state index >= 15 is 0 Å². The third-order valence-electron chi connectivity index (χ3n) is 2.19. The molecule has 0 bridgehead atoms. The third-order valence-corrected chi connectivity index (χ3v) is 2.68. The first-order valence-corrected chi connectivity index (χ1v) is 4.86. The standard InChI is InChI=1S/C9H11BrN2/c10-7-2-3-9(8(11)6-7)12-4-1-5-12/h2-3,6H,1,4-5,11H2. The van der Waals surface area contributed by atoms with Crippen LogP contribution in [0.15, 0.2) is 22.7 Å². The van der Waals surface area contributed by atoms with E-state index in [-0.39, 0.29) is 0 Å². The van der Waals surface area contributed by atoms with Gasteiger partial charge in [0.05, 0.1) is 11.4 Å². The lowest BCUT2D eigenvalue weighted by molar-refractivity contribution is 0.618. The largest absolute Gasteiger partial charge is 0.397 e. The summed E-state index contributed by atoms with van der Waals surface area (Å²) in [5.41, 5.74) is 7.90. The molecular weight excluding hydrogens is 216 g/mol. The molecule has 0 aliphatic carbocycles. The van der Waals surface area contributed by atoms with E-state index in [1.807, 2.05) is 12.1 Å². The first kappa shape index (κ1) is 7.92. The van der Waals surface area contributed by atoms with E-state index in [0.717, 1.165) is 23.2 Å². The van der Waals surface area contributed by atoms with Gasteiger partial charge in [0, 0.05) is 17.6 Å². The maximum absolute atomic E-state index is 5.86. The molecule has 3 heteroatoms. The van der Waals surface area contributed by atoms with E-state index in [0.29, 0.717) is 0 Å². The summed E-state index contributed by atoms with van der Waals surface area (Å²) in [6.45, 7) is 2.29. The molecule has 0 spiro atoms. The Morgan fingerprint density at radius 3 is 2.58 bits per heavy atom. The zero-order valence-electron chi connectivity index (χ0n) is 6.76. The van der Waals surface area contributed by atoms with E-state index in [1.165, 1.54) is 12.1 Å². The van der Waals surface area contributed by atoms with E-state index in [2.05, 4.69) is 26.9 Å². The number of rotatable bonds is 1. The number of hydrogen-bond donors (Lipinski definition) is 1. The van der Waals surface area contributed by atoms with Gasteiger partial charge in [-0.25, -0.2) is 0 Å². The van der Waals surface area contributed by atoms with E-state index in [9.17, 15) is 0 Å². The molecule has 0 aromatic heterocycles. The third kappa shape index (κ3) is 1.29. The minimum atomic E-state index is 0.865. The number of nitrogens with two attached hydrogens (primary N) is 1. The second-order valence-corrected chi connectivity index (χ2v) is 3.96. The molecule has 2 rings (SSSR count). The van der Waals surface area contributed by atoms with Crippen LogP contribution in [0.3, 0.4) is 0 Å². The van der Waals surface area contributed by atoms with Crippen molar-refractivity contribution >= 4 is 27.3 Å². The Labute approximate surface area is 80.5 Å². The lowest BCUT2D eigenvalue weighted by atomic mass is 10.1. The van der Waals surface area contributed by atoms with Gasteiger partial charge in [0.25, 0.3) is 0 Å². The average Bonchev–Trinajstić information content (AvgIpc) is 1.91. The van der Waals surface area contributed by atoms with Crippen LogP contribution >= 0.6 is 15.9 Å². The zero-order valence-corrected chi connectivity index (χ0v) is 8.34. The minimum Gasteiger partial charge on any atom is -0.397 e. The molecule has 12 heavy (non-hydrogen) atoms. The van der Waals surface area contributed by atoms with Crippen molar-refractivity contribution in [1.29, 1.82) is 0 Å². The summed E-state index contributed by atoms with van der Waals surface area (Å²) in [7, 11) is 0. The predicted octanol–water partition coefficient (Wildman–Crippen LogP) is 2.24. The Kier molecular flexibility index (Phi) is 1.97. The van der Waals surface area contributed by atoms with Gasteiger partial charge in [-0.3, -0.25) is 0 Å². The van der Waals surface area contributed by atoms with Crippen LogP contribution in [0.4, 0.5) is 11.4 Å². The minimum absolute atomic E-state index is 0.865. The van der Waals surface area contributed by atoms with Crippen LogP contribution in [0.1, 0.15) is 6.42 Å². The number of nitrogens with zero attached hydrogens (tertiary/aromatic N) is 1. The van der Waals surface area contributed by atoms with Gasteiger partial charge in [0.2, 0.25) is 0 Å².